The Morgan fingerprint density at radius 3 is 0.979 bits per heavy atom. The Bertz CT molecular complexity index is 627. The van der Waals surface area contributed by atoms with Gasteiger partial charge in [0.05, 0.1) is 5.60 Å². The van der Waals surface area contributed by atoms with Gasteiger partial charge in [-0.15, -0.1) is 0 Å². The number of rotatable bonds is 37. The summed E-state index contributed by atoms with van der Waals surface area (Å²) in [6.07, 6.45) is 34.3. The molecule has 286 valence electrons. The van der Waals surface area contributed by atoms with Crippen molar-refractivity contribution in [2.45, 2.75) is 264 Å². The van der Waals surface area contributed by atoms with Gasteiger partial charge in [0.2, 0.25) is 0 Å². The van der Waals surface area contributed by atoms with Gasteiger partial charge in [0, 0.05) is 12.8 Å². The van der Waals surface area contributed by atoms with Crippen LogP contribution in [0.25, 0.3) is 0 Å². The van der Waals surface area contributed by atoms with Crippen molar-refractivity contribution >= 4 is 11.9 Å². The quantitative estimate of drug-likeness (QED) is 0.0522. The Balaban J connectivity index is 4.82. The molecular formula is C43H84O5. The van der Waals surface area contributed by atoms with Crippen molar-refractivity contribution in [3.63, 3.8) is 0 Å². The summed E-state index contributed by atoms with van der Waals surface area (Å²) in [5, 5.41) is 11.6. The van der Waals surface area contributed by atoms with E-state index in [1.807, 2.05) is 0 Å². The van der Waals surface area contributed by atoms with Crippen molar-refractivity contribution in [1.82, 2.24) is 0 Å². The van der Waals surface area contributed by atoms with Gasteiger partial charge in [-0.1, -0.05) is 150 Å². The summed E-state index contributed by atoms with van der Waals surface area (Å²) < 4.78 is 12.0. The summed E-state index contributed by atoms with van der Waals surface area (Å²) in [5.41, 5.74) is -0.841. The molecule has 0 aromatic carbocycles. The normalized spacial score (nSPS) is 11.9. The van der Waals surface area contributed by atoms with Crippen LogP contribution in [0.2, 0.25) is 0 Å². The molecule has 0 spiro atoms. The first-order valence-electron chi connectivity index (χ1n) is 21.4. The first kappa shape index (κ1) is 46.9. The summed E-state index contributed by atoms with van der Waals surface area (Å²) in [6, 6.07) is 0. The Kier molecular flexibility index (Phi) is 33.6. The van der Waals surface area contributed by atoms with Crippen molar-refractivity contribution < 1.29 is 24.2 Å². The van der Waals surface area contributed by atoms with Crippen molar-refractivity contribution in [3.8, 4) is 0 Å². The van der Waals surface area contributed by atoms with Gasteiger partial charge in [0.15, 0.2) is 0 Å². The van der Waals surface area contributed by atoms with E-state index in [0.29, 0.717) is 44.9 Å². The molecule has 0 rings (SSSR count). The van der Waals surface area contributed by atoms with E-state index in [1.165, 1.54) is 103 Å². The maximum Gasteiger partial charge on any atom is 0.306 e. The first-order chi connectivity index (χ1) is 23.3. The zero-order valence-electron chi connectivity index (χ0n) is 33.1. The third kappa shape index (κ3) is 29.8. The highest BCUT2D eigenvalue weighted by Crippen LogP contribution is 2.28. The molecule has 0 aliphatic carbocycles. The molecule has 0 atom stereocenters. The fraction of sp³-hybridized carbons (Fsp3) is 0.953. The van der Waals surface area contributed by atoms with Crippen LogP contribution in [0.15, 0.2) is 0 Å². The lowest BCUT2D eigenvalue weighted by atomic mass is 9.86. The van der Waals surface area contributed by atoms with Crippen LogP contribution in [0.3, 0.4) is 0 Å². The molecule has 1 N–H and O–H groups in total. The van der Waals surface area contributed by atoms with E-state index in [1.54, 1.807) is 0 Å². The highest BCUT2D eigenvalue weighted by atomic mass is 16.5. The van der Waals surface area contributed by atoms with Crippen molar-refractivity contribution in [2.24, 2.45) is 0 Å². The zero-order chi connectivity index (χ0) is 35.6. The molecule has 48 heavy (non-hydrogen) atoms. The molecule has 0 saturated heterocycles. The van der Waals surface area contributed by atoms with E-state index < -0.39 is 5.60 Å². The van der Waals surface area contributed by atoms with Crippen molar-refractivity contribution in [2.75, 3.05) is 0 Å². The lowest BCUT2D eigenvalue weighted by Crippen LogP contribution is -2.29. The molecule has 0 aromatic heterocycles. The van der Waals surface area contributed by atoms with Crippen LogP contribution in [0, 0.1) is 0 Å². The zero-order valence-corrected chi connectivity index (χ0v) is 33.1. The van der Waals surface area contributed by atoms with E-state index in [9.17, 15) is 14.7 Å². The Morgan fingerprint density at radius 1 is 0.417 bits per heavy atom. The average molecular weight is 681 g/mol. The van der Waals surface area contributed by atoms with E-state index in [2.05, 4.69) is 34.6 Å². The molecule has 0 aliphatic heterocycles. The molecule has 0 aliphatic rings. The molecule has 0 saturated carbocycles. The topological polar surface area (TPSA) is 72.8 Å². The van der Waals surface area contributed by atoms with Crippen LogP contribution in [-0.4, -0.2) is 34.9 Å². The first-order valence-corrected chi connectivity index (χ1v) is 21.4. The lowest BCUT2D eigenvalue weighted by Gasteiger charge is -2.28. The van der Waals surface area contributed by atoms with Crippen molar-refractivity contribution in [1.29, 1.82) is 0 Å². The maximum atomic E-state index is 12.9. The van der Waals surface area contributed by atoms with E-state index >= 15 is 0 Å². The van der Waals surface area contributed by atoms with Crippen LogP contribution >= 0.6 is 0 Å². The predicted molar refractivity (Wildman–Crippen MR) is 205 cm³/mol. The fourth-order valence-electron chi connectivity index (χ4n) is 6.92. The standard InChI is InChI=1S/C43H84O5/c1-6-11-16-20-24-30-39(31-25-21-17-12-7-2)47-41(44)34-28-37-43(46,36-15-10-5)38-29-35-42(45)48-40(32-26-22-18-13-8-3)33-27-23-19-14-9-4/h39-40,46H,6-38H2,1-5H3. The van der Waals surface area contributed by atoms with Gasteiger partial charge in [-0.25, -0.2) is 0 Å². The van der Waals surface area contributed by atoms with Gasteiger partial charge in [0.25, 0.3) is 0 Å². The third-order valence-corrected chi connectivity index (χ3v) is 10.2. The number of esters is 2. The average Bonchev–Trinajstić information content (AvgIpc) is 3.06. The van der Waals surface area contributed by atoms with Gasteiger partial charge in [-0.05, 0) is 83.5 Å². The van der Waals surface area contributed by atoms with E-state index in [-0.39, 0.29) is 24.1 Å². The summed E-state index contributed by atoms with van der Waals surface area (Å²) in [7, 11) is 0. The second kappa shape index (κ2) is 34.4. The molecule has 0 fully saturated rings. The van der Waals surface area contributed by atoms with Gasteiger partial charge in [0.1, 0.15) is 12.2 Å². The highest BCUT2D eigenvalue weighted by molar-refractivity contribution is 5.69. The molecule has 5 nitrogen and oxygen atoms in total. The second-order valence-electron chi connectivity index (χ2n) is 15.1. The number of aliphatic hydroxyl groups is 1. The Hall–Kier alpha value is -1.10. The fourth-order valence-corrected chi connectivity index (χ4v) is 6.92. The summed E-state index contributed by atoms with van der Waals surface area (Å²) in [5.74, 6) is -0.224. The molecule has 0 unspecified atom stereocenters. The predicted octanol–water partition coefficient (Wildman–Crippen LogP) is 13.5. The minimum Gasteiger partial charge on any atom is -0.462 e. The van der Waals surface area contributed by atoms with Crippen LogP contribution < -0.4 is 0 Å². The highest BCUT2D eigenvalue weighted by Gasteiger charge is 2.27. The largest absolute Gasteiger partial charge is 0.462 e. The number of carbonyl (C=O) groups is 2. The van der Waals surface area contributed by atoms with Gasteiger partial charge >= 0.3 is 11.9 Å². The van der Waals surface area contributed by atoms with E-state index in [4.69, 9.17) is 9.47 Å². The smallest absolute Gasteiger partial charge is 0.306 e. The maximum absolute atomic E-state index is 12.9. The number of hydrogen-bond donors (Lipinski definition) is 1. The molecule has 0 heterocycles. The van der Waals surface area contributed by atoms with Crippen molar-refractivity contribution in [3.05, 3.63) is 0 Å². The van der Waals surface area contributed by atoms with Gasteiger partial charge < -0.3 is 14.6 Å². The summed E-state index contributed by atoms with van der Waals surface area (Å²) in [6.45, 7) is 11.1. The van der Waals surface area contributed by atoms with Gasteiger partial charge in [-0.2, -0.15) is 0 Å². The SMILES string of the molecule is CCCCCCCC(CCCCCCC)OC(=O)CCCC(O)(CCCC)CCCC(=O)OC(CCCCCCC)CCCCCCC. The minimum atomic E-state index is -0.841. The number of hydrogen-bond acceptors (Lipinski definition) is 5. The molecule has 0 aromatic rings. The summed E-state index contributed by atoms with van der Waals surface area (Å²) >= 11 is 0. The second-order valence-corrected chi connectivity index (χ2v) is 15.1. The third-order valence-electron chi connectivity index (χ3n) is 10.2. The van der Waals surface area contributed by atoms with Crippen LogP contribution in [0.5, 0.6) is 0 Å². The van der Waals surface area contributed by atoms with Crippen LogP contribution in [0.1, 0.15) is 247 Å². The lowest BCUT2D eigenvalue weighted by molar-refractivity contribution is -0.150. The minimum absolute atomic E-state index is 0.0299. The number of ether oxygens (including phenoxy) is 2. The summed E-state index contributed by atoms with van der Waals surface area (Å²) in [4.78, 5) is 25.8. The van der Waals surface area contributed by atoms with Crippen LogP contribution in [0.4, 0.5) is 0 Å². The molecule has 0 bridgehead atoms. The number of carbonyl (C=O) groups excluding carboxylic acids is 2. The van der Waals surface area contributed by atoms with Gasteiger partial charge in [-0.3, -0.25) is 9.59 Å². The molecule has 0 radical (unpaired) electrons. The Labute approximate surface area is 299 Å². The number of unbranched alkanes of at least 4 members (excludes halogenated alkanes) is 17. The molecule has 0 amide bonds. The molecular weight excluding hydrogens is 596 g/mol. The van der Waals surface area contributed by atoms with Crippen LogP contribution in [-0.2, 0) is 19.1 Å². The molecule has 5 heteroatoms. The Morgan fingerprint density at radius 2 is 0.688 bits per heavy atom. The van der Waals surface area contributed by atoms with E-state index in [0.717, 1.165) is 64.2 Å². The monoisotopic (exact) mass is 681 g/mol.